The second kappa shape index (κ2) is 7.26. The first-order valence-corrected chi connectivity index (χ1v) is 9.83. The molecule has 1 aromatic heterocycles. The molecule has 2 saturated heterocycles. The van der Waals surface area contributed by atoms with Gasteiger partial charge >= 0.3 is 6.03 Å². The molecule has 0 bridgehead atoms. The highest BCUT2D eigenvalue weighted by Crippen LogP contribution is 2.45. The third-order valence-electron chi connectivity index (χ3n) is 5.10. The van der Waals surface area contributed by atoms with Gasteiger partial charge in [0, 0.05) is 13.1 Å². The molecule has 2 aliphatic rings. The van der Waals surface area contributed by atoms with E-state index < -0.39 is 5.82 Å². The van der Waals surface area contributed by atoms with E-state index in [1.54, 1.807) is 35.1 Å². The van der Waals surface area contributed by atoms with E-state index in [1.165, 1.54) is 12.1 Å². The van der Waals surface area contributed by atoms with Gasteiger partial charge in [-0.25, -0.2) is 9.18 Å². The third-order valence-corrected chi connectivity index (χ3v) is 6.66. The Morgan fingerprint density at radius 2 is 2.00 bits per heavy atom. The molecule has 0 unspecified atom stereocenters. The van der Waals surface area contributed by atoms with Crippen molar-refractivity contribution >= 4 is 29.4 Å². The standard InChI is InChI=1S/C19H20FN3O3S/c20-15-5-1-2-6-16(15)21-18(25)22-9-7-19(8-10-22)23(17(24)13-27-19)12-14-4-3-11-26-14/h1-6,11H,7-10,12-13H2,(H,21,25). The van der Waals surface area contributed by atoms with Gasteiger partial charge < -0.3 is 19.5 Å². The van der Waals surface area contributed by atoms with Gasteiger partial charge in [0.2, 0.25) is 5.91 Å². The molecule has 1 spiro atoms. The van der Waals surface area contributed by atoms with E-state index in [9.17, 15) is 14.0 Å². The van der Waals surface area contributed by atoms with Crippen molar-refractivity contribution in [2.24, 2.45) is 0 Å². The minimum absolute atomic E-state index is 0.0978. The lowest BCUT2D eigenvalue weighted by atomic mass is 10.0. The van der Waals surface area contributed by atoms with Crippen molar-refractivity contribution in [3.8, 4) is 0 Å². The normalized spacial score (nSPS) is 18.9. The molecule has 4 rings (SSSR count). The maximum absolute atomic E-state index is 13.7. The number of halogens is 1. The number of piperidine rings is 1. The largest absolute Gasteiger partial charge is 0.467 e. The number of carbonyl (C=O) groups is 2. The molecule has 1 aromatic carbocycles. The molecule has 2 aliphatic heterocycles. The van der Waals surface area contributed by atoms with Crippen LogP contribution >= 0.6 is 11.8 Å². The number of carbonyl (C=O) groups excluding carboxylic acids is 2. The third kappa shape index (κ3) is 3.53. The predicted molar refractivity (Wildman–Crippen MR) is 101 cm³/mol. The molecule has 0 atom stereocenters. The molecular weight excluding hydrogens is 369 g/mol. The Morgan fingerprint density at radius 3 is 2.70 bits per heavy atom. The highest BCUT2D eigenvalue weighted by Gasteiger charge is 2.48. The Bertz CT molecular complexity index is 834. The Kier molecular flexibility index (Phi) is 4.82. The quantitative estimate of drug-likeness (QED) is 0.872. The van der Waals surface area contributed by atoms with Crippen LogP contribution in [0.3, 0.4) is 0 Å². The lowest BCUT2D eigenvalue weighted by Crippen LogP contribution is -2.53. The molecular formula is C19H20FN3O3S. The summed E-state index contributed by atoms with van der Waals surface area (Å²) in [6, 6.07) is 9.46. The first kappa shape index (κ1) is 17.9. The SMILES string of the molecule is O=C(Nc1ccccc1F)N1CCC2(CC1)SCC(=O)N2Cc1ccco1. The van der Waals surface area contributed by atoms with Gasteiger partial charge in [0.15, 0.2) is 0 Å². The summed E-state index contributed by atoms with van der Waals surface area (Å²) in [5.74, 6) is 0.841. The second-order valence-corrected chi connectivity index (χ2v) is 8.03. The Labute approximate surface area is 160 Å². The number of urea groups is 1. The molecule has 8 heteroatoms. The number of furan rings is 1. The number of nitrogens with zero attached hydrogens (tertiary/aromatic N) is 2. The van der Waals surface area contributed by atoms with Crippen LogP contribution in [-0.2, 0) is 11.3 Å². The van der Waals surface area contributed by atoms with Gasteiger partial charge in [-0.2, -0.15) is 0 Å². The molecule has 3 amide bonds. The Balaban J connectivity index is 1.40. The molecule has 0 radical (unpaired) electrons. The van der Waals surface area contributed by atoms with Crippen molar-refractivity contribution in [1.29, 1.82) is 0 Å². The van der Waals surface area contributed by atoms with Crippen molar-refractivity contribution in [3.63, 3.8) is 0 Å². The molecule has 1 N–H and O–H groups in total. The zero-order valence-corrected chi connectivity index (χ0v) is 15.5. The van der Waals surface area contributed by atoms with Crippen molar-refractivity contribution in [1.82, 2.24) is 9.80 Å². The fraction of sp³-hybridized carbons (Fsp3) is 0.368. The van der Waals surface area contributed by atoms with Crippen LogP contribution in [0, 0.1) is 5.82 Å². The maximum atomic E-state index is 13.7. The van der Waals surface area contributed by atoms with Crippen LogP contribution in [-0.4, -0.2) is 45.5 Å². The van der Waals surface area contributed by atoms with E-state index in [4.69, 9.17) is 4.42 Å². The van der Waals surface area contributed by atoms with E-state index >= 15 is 0 Å². The van der Waals surface area contributed by atoms with Gasteiger partial charge in [0.25, 0.3) is 0 Å². The van der Waals surface area contributed by atoms with Crippen molar-refractivity contribution in [2.75, 3.05) is 24.2 Å². The number of benzene rings is 1. The number of thioether (sulfide) groups is 1. The van der Waals surface area contributed by atoms with Crippen molar-refractivity contribution < 1.29 is 18.4 Å². The van der Waals surface area contributed by atoms with Crippen LogP contribution in [0.1, 0.15) is 18.6 Å². The van der Waals surface area contributed by atoms with Crippen LogP contribution in [0.15, 0.2) is 47.1 Å². The van der Waals surface area contributed by atoms with Crippen molar-refractivity contribution in [3.05, 3.63) is 54.2 Å². The van der Waals surface area contributed by atoms with E-state index in [0.29, 0.717) is 38.2 Å². The number of amides is 3. The number of hydrogen-bond donors (Lipinski definition) is 1. The van der Waals surface area contributed by atoms with Crippen LogP contribution in [0.2, 0.25) is 0 Å². The van der Waals surface area contributed by atoms with E-state index in [0.717, 1.165) is 5.76 Å². The van der Waals surface area contributed by atoms with Crippen LogP contribution < -0.4 is 5.32 Å². The van der Waals surface area contributed by atoms with E-state index in [1.807, 2.05) is 17.0 Å². The van der Waals surface area contributed by atoms with Gasteiger partial charge in [-0.3, -0.25) is 4.79 Å². The number of likely N-dealkylation sites (tertiary alicyclic amines) is 1. The number of nitrogens with one attached hydrogen (secondary N) is 1. The highest BCUT2D eigenvalue weighted by molar-refractivity contribution is 8.01. The Hall–Kier alpha value is -2.48. The fourth-order valence-corrected chi connectivity index (χ4v) is 4.94. The topological polar surface area (TPSA) is 65.8 Å². The van der Waals surface area contributed by atoms with Crippen LogP contribution in [0.5, 0.6) is 0 Å². The minimum atomic E-state index is -0.458. The van der Waals surface area contributed by atoms with Gasteiger partial charge in [0.05, 0.1) is 29.1 Å². The fourth-order valence-electron chi connectivity index (χ4n) is 3.60. The lowest BCUT2D eigenvalue weighted by molar-refractivity contribution is -0.132. The Morgan fingerprint density at radius 1 is 1.22 bits per heavy atom. The molecule has 2 fully saturated rings. The summed E-state index contributed by atoms with van der Waals surface area (Å²) < 4.78 is 19.1. The lowest BCUT2D eigenvalue weighted by Gasteiger charge is -2.43. The number of rotatable bonds is 3. The van der Waals surface area contributed by atoms with Gasteiger partial charge in [-0.15, -0.1) is 11.8 Å². The molecule has 0 aliphatic carbocycles. The summed E-state index contributed by atoms with van der Waals surface area (Å²) in [7, 11) is 0. The predicted octanol–water partition coefficient (Wildman–Crippen LogP) is 3.52. The first-order valence-electron chi connectivity index (χ1n) is 8.85. The molecule has 6 nitrogen and oxygen atoms in total. The minimum Gasteiger partial charge on any atom is -0.467 e. The first-order chi connectivity index (χ1) is 13.1. The van der Waals surface area contributed by atoms with E-state index in [-0.39, 0.29) is 22.5 Å². The zero-order valence-electron chi connectivity index (χ0n) is 14.7. The zero-order chi connectivity index (χ0) is 18.9. The molecule has 27 heavy (non-hydrogen) atoms. The smallest absolute Gasteiger partial charge is 0.321 e. The average Bonchev–Trinajstić information content (AvgIpc) is 3.29. The van der Waals surface area contributed by atoms with Gasteiger partial charge in [-0.1, -0.05) is 12.1 Å². The number of para-hydroxylation sites is 1. The monoisotopic (exact) mass is 389 g/mol. The molecule has 0 saturated carbocycles. The van der Waals surface area contributed by atoms with Gasteiger partial charge in [0.1, 0.15) is 11.6 Å². The highest BCUT2D eigenvalue weighted by atomic mass is 32.2. The maximum Gasteiger partial charge on any atom is 0.321 e. The summed E-state index contributed by atoms with van der Waals surface area (Å²) in [5.41, 5.74) is 0.174. The van der Waals surface area contributed by atoms with Gasteiger partial charge in [-0.05, 0) is 37.1 Å². The molecule has 3 heterocycles. The van der Waals surface area contributed by atoms with Crippen LogP contribution in [0.25, 0.3) is 0 Å². The summed E-state index contributed by atoms with van der Waals surface area (Å²) in [6.07, 6.45) is 2.95. The van der Waals surface area contributed by atoms with Crippen molar-refractivity contribution in [2.45, 2.75) is 24.3 Å². The number of anilines is 1. The summed E-state index contributed by atoms with van der Waals surface area (Å²) in [5, 5.41) is 2.62. The summed E-state index contributed by atoms with van der Waals surface area (Å²) >= 11 is 1.64. The summed E-state index contributed by atoms with van der Waals surface area (Å²) in [6.45, 7) is 1.46. The number of hydrogen-bond acceptors (Lipinski definition) is 4. The molecule has 2 aromatic rings. The second-order valence-electron chi connectivity index (χ2n) is 6.69. The summed E-state index contributed by atoms with van der Waals surface area (Å²) in [4.78, 5) is 28.1. The average molecular weight is 389 g/mol. The van der Waals surface area contributed by atoms with E-state index in [2.05, 4.69) is 5.32 Å². The van der Waals surface area contributed by atoms with Crippen LogP contribution in [0.4, 0.5) is 14.9 Å². The molecule has 142 valence electrons.